The molecule has 2 atom stereocenters. The Balaban J connectivity index is 2.31. The second-order valence-electron chi connectivity index (χ2n) is 5.55. The van der Waals surface area contributed by atoms with Crippen molar-refractivity contribution in [3.63, 3.8) is 0 Å². The van der Waals surface area contributed by atoms with Gasteiger partial charge in [0.1, 0.15) is 0 Å². The van der Waals surface area contributed by atoms with Gasteiger partial charge in [0.25, 0.3) is 0 Å². The van der Waals surface area contributed by atoms with Gasteiger partial charge in [-0.25, -0.2) is 0 Å². The fraction of sp³-hybridized carbons (Fsp3) is 0.857. The van der Waals surface area contributed by atoms with Crippen LogP contribution in [0.2, 0.25) is 0 Å². The maximum absolute atomic E-state index is 12.3. The summed E-state index contributed by atoms with van der Waals surface area (Å²) in [6.45, 7) is 6.06. The lowest BCUT2D eigenvalue weighted by Crippen LogP contribution is -2.50. The van der Waals surface area contributed by atoms with Crippen molar-refractivity contribution in [3.05, 3.63) is 0 Å². The van der Waals surface area contributed by atoms with Gasteiger partial charge in [-0.15, -0.1) is 0 Å². The van der Waals surface area contributed by atoms with Gasteiger partial charge in [0.2, 0.25) is 5.91 Å². The minimum atomic E-state index is -0.771. The molecule has 0 saturated carbocycles. The molecule has 0 aromatic rings. The molecule has 1 aliphatic heterocycles. The zero-order chi connectivity index (χ0) is 14.3. The first-order valence-electron chi connectivity index (χ1n) is 7.23. The summed E-state index contributed by atoms with van der Waals surface area (Å²) in [6, 6.07) is 0. The van der Waals surface area contributed by atoms with Crippen LogP contribution in [-0.4, -0.2) is 36.6 Å². The summed E-state index contributed by atoms with van der Waals surface area (Å²) < 4.78 is 0. The predicted octanol–water partition coefficient (Wildman–Crippen LogP) is 1.38. The van der Waals surface area contributed by atoms with Crippen molar-refractivity contribution in [2.75, 3.05) is 19.6 Å². The number of hydrogen-bond acceptors (Lipinski definition) is 3. The van der Waals surface area contributed by atoms with Gasteiger partial charge < -0.3 is 15.7 Å². The number of carbonyl (C=O) groups is 2. The van der Waals surface area contributed by atoms with Crippen LogP contribution >= 0.6 is 0 Å². The third-order valence-electron chi connectivity index (χ3n) is 4.15. The van der Waals surface area contributed by atoms with E-state index < -0.39 is 5.97 Å². The standard InChI is InChI=1S/C14H26N2O3/c1-3-14(7-5-8-15-10-14)13(19)16-9-4-6-11(2)12(17)18/h11,15H,3-10H2,1-2H3,(H,16,19)(H,17,18). The normalized spacial score (nSPS) is 24.7. The average Bonchev–Trinajstić information content (AvgIpc) is 2.43. The number of carboxylic acids is 1. The van der Waals surface area contributed by atoms with E-state index in [9.17, 15) is 9.59 Å². The number of amides is 1. The van der Waals surface area contributed by atoms with Crippen LogP contribution in [0.1, 0.15) is 46.0 Å². The number of aliphatic carboxylic acids is 1. The molecule has 1 amide bonds. The van der Waals surface area contributed by atoms with E-state index in [1.165, 1.54) is 0 Å². The topological polar surface area (TPSA) is 78.4 Å². The molecule has 0 radical (unpaired) electrons. The Morgan fingerprint density at radius 1 is 1.47 bits per heavy atom. The molecule has 1 fully saturated rings. The Morgan fingerprint density at radius 2 is 2.21 bits per heavy atom. The second kappa shape index (κ2) is 7.48. The van der Waals surface area contributed by atoms with Gasteiger partial charge in [0.05, 0.1) is 11.3 Å². The monoisotopic (exact) mass is 270 g/mol. The smallest absolute Gasteiger partial charge is 0.306 e. The van der Waals surface area contributed by atoms with E-state index in [1.54, 1.807) is 6.92 Å². The van der Waals surface area contributed by atoms with Crippen molar-refractivity contribution in [1.29, 1.82) is 0 Å². The van der Waals surface area contributed by atoms with E-state index in [1.807, 2.05) is 0 Å². The molecule has 0 aliphatic carbocycles. The van der Waals surface area contributed by atoms with Gasteiger partial charge in [-0.2, -0.15) is 0 Å². The van der Waals surface area contributed by atoms with Crippen LogP contribution in [0.3, 0.4) is 0 Å². The highest BCUT2D eigenvalue weighted by Gasteiger charge is 2.37. The van der Waals surface area contributed by atoms with Gasteiger partial charge in [-0.1, -0.05) is 13.8 Å². The molecule has 2 unspecified atom stereocenters. The Morgan fingerprint density at radius 3 is 2.74 bits per heavy atom. The molecular formula is C14H26N2O3. The van der Waals surface area contributed by atoms with Crippen LogP contribution in [0.25, 0.3) is 0 Å². The van der Waals surface area contributed by atoms with E-state index >= 15 is 0 Å². The first-order chi connectivity index (χ1) is 9.02. The third-order valence-corrected chi connectivity index (χ3v) is 4.15. The minimum Gasteiger partial charge on any atom is -0.481 e. The number of rotatable bonds is 7. The highest BCUT2D eigenvalue weighted by atomic mass is 16.4. The number of nitrogens with one attached hydrogen (secondary N) is 2. The van der Waals surface area contributed by atoms with E-state index in [4.69, 9.17) is 5.11 Å². The molecule has 1 aliphatic rings. The zero-order valence-corrected chi connectivity index (χ0v) is 12.0. The summed E-state index contributed by atoms with van der Waals surface area (Å²) in [5, 5.41) is 15.0. The van der Waals surface area contributed by atoms with Crippen molar-refractivity contribution in [1.82, 2.24) is 10.6 Å². The number of piperidine rings is 1. The van der Waals surface area contributed by atoms with Crippen molar-refractivity contribution < 1.29 is 14.7 Å². The van der Waals surface area contributed by atoms with Crippen LogP contribution in [0.4, 0.5) is 0 Å². The fourth-order valence-corrected chi connectivity index (χ4v) is 2.55. The zero-order valence-electron chi connectivity index (χ0n) is 12.0. The summed E-state index contributed by atoms with van der Waals surface area (Å²) in [7, 11) is 0. The first kappa shape index (κ1) is 16.0. The lowest BCUT2D eigenvalue weighted by atomic mass is 9.77. The van der Waals surface area contributed by atoms with Crippen LogP contribution in [0.5, 0.6) is 0 Å². The quantitative estimate of drug-likeness (QED) is 0.611. The van der Waals surface area contributed by atoms with Crippen molar-refractivity contribution in [2.45, 2.75) is 46.0 Å². The van der Waals surface area contributed by atoms with Crippen molar-refractivity contribution in [3.8, 4) is 0 Å². The molecule has 0 aromatic carbocycles. The molecule has 1 saturated heterocycles. The number of carbonyl (C=O) groups excluding carboxylic acids is 1. The van der Waals surface area contributed by atoms with Crippen LogP contribution < -0.4 is 10.6 Å². The van der Waals surface area contributed by atoms with Crippen molar-refractivity contribution >= 4 is 11.9 Å². The van der Waals surface area contributed by atoms with Crippen LogP contribution in [0, 0.1) is 11.3 Å². The molecule has 5 nitrogen and oxygen atoms in total. The summed E-state index contributed by atoms with van der Waals surface area (Å²) in [6.07, 6.45) is 4.14. The maximum Gasteiger partial charge on any atom is 0.306 e. The molecule has 0 aromatic heterocycles. The predicted molar refractivity (Wildman–Crippen MR) is 73.9 cm³/mol. The molecule has 1 rings (SSSR count). The Bertz CT molecular complexity index is 312. The fourth-order valence-electron chi connectivity index (χ4n) is 2.55. The van der Waals surface area contributed by atoms with Gasteiger partial charge in [0.15, 0.2) is 0 Å². The Hall–Kier alpha value is -1.10. The SMILES string of the molecule is CCC1(C(=O)NCCCC(C)C(=O)O)CCCNC1. The van der Waals surface area contributed by atoms with E-state index in [-0.39, 0.29) is 17.2 Å². The molecular weight excluding hydrogens is 244 g/mol. The Labute approximate surface area is 115 Å². The highest BCUT2D eigenvalue weighted by Crippen LogP contribution is 2.30. The van der Waals surface area contributed by atoms with Gasteiger partial charge in [-0.3, -0.25) is 9.59 Å². The van der Waals surface area contributed by atoms with Crippen molar-refractivity contribution in [2.24, 2.45) is 11.3 Å². The van der Waals surface area contributed by atoms with E-state index in [2.05, 4.69) is 17.6 Å². The largest absolute Gasteiger partial charge is 0.481 e. The molecule has 0 bridgehead atoms. The number of hydrogen-bond donors (Lipinski definition) is 3. The first-order valence-corrected chi connectivity index (χ1v) is 7.23. The molecule has 0 spiro atoms. The van der Waals surface area contributed by atoms with Gasteiger partial charge in [0, 0.05) is 13.1 Å². The maximum atomic E-state index is 12.3. The van der Waals surface area contributed by atoms with E-state index in [0.29, 0.717) is 19.4 Å². The highest BCUT2D eigenvalue weighted by molar-refractivity contribution is 5.83. The number of carboxylic acid groups (broad SMARTS) is 1. The van der Waals surface area contributed by atoms with Crippen LogP contribution in [-0.2, 0) is 9.59 Å². The van der Waals surface area contributed by atoms with E-state index in [0.717, 1.165) is 32.4 Å². The molecule has 19 heavy (non-hydrogen) atoms. The van der Waals surface area contributed by atoms with Crippen LogP contribution in [0.15, 0.2) is 0 Å². The molecule has 1 heterocycles. The lowest BCUT2D eigenvalue weighted by Gasteiger charge is -2.35. The van der Waals surface area contributed by atoms with Gasteiger partial charge in [-0.05, 0) is 38.6 Å². The molecule has 110 valence electrons. The second-order valence-corrected chi connectivity index (χ2v) is 5.55. The summed E-state index contributed by atoms with van der Waals surface area (Å²) in [5.41, 5.74) is -0.267. The average molecular weight is 270 g/mol. The summed E-state index contributed by atoms with van der Waals surface area (Å²) >= 11 is 0. The lowest BCUT2D eigenvalue weighted by molar-refractivity contribution is -0.141. The summed E-state index contributed by atoms with van der Waals surface area (Å²) in [4.78, 5) is 22.9. The minimum absolute atomic E-state index is 0.116. The Kier molecular flexibility index (Phi) is 6.28. The third kappa shape index (κ3) is 4.49. The summed E-state index contributed by atoms with van der Waals surface area (Å²) in [5.74, 6) is -0.994. The molecule has 5 heteroatoms. The molecule has 3 N–H and O–H groups in total. The van der Waals surface area contributed by atoms with Gasteiger partial charge >= 0.3 is 5.97 Å².